The molecule has 0 saturated carbocycles. The molecule has 0 radical (unpaired) electrons. The van der Waals surface area contributed by atoms with Crippen LogP contribution < -0.4 is 5.73 Å². The summed E-state index contributed by atoms with van der Waals surface area (Å²) in [6.07, 6.45) is 2.54. The Balaban J connectivity index is 2.04. The maximum Gasteiger partial charge on any atom is 0.0704 e. The predicted molar refractivity (Wildman–Crippen MR) is 88.4 cm³/mol. The quantitative estimate of drug-likeness (QED) is 0.782. The Labute approximate surface area is 129 Å². The van der Waals surface area contributed by atoms with Crippen molar-refractivity contribution in [3.05, 3.63) is 76.9 Å². The third-order valence-electron chi connectivity index (χ3n) is 3.79. The van der Waals surface area contributed by atoms with Gasteiger partial charge in [-0.25, -0.2) is 0 Å². The minimum atomic E-state index is -0.525. The van der Waals surface area contributed by atoms with E-state index in [9.17, 15) is 0 Å². The molecular formula is C18H17ClN2. The highest BCUT2D eigenvalue weighted by Crippen LogP contribution is 2.30. The molecule has 2 N–H and O–H groups in total. The highest BCUT2D eigenvalue weighted by molar-refractivity contribution is 6.31. The molecule has 0 aliphatic rings. The van der Waals surface area contributed by atoms with Crippen LogP contribution in [0.5, 0.6) is 0 Å². The SMILES string of the molecule is CC(N)(Cc1ccnc2ccccc12)c1ccccc1Cl. The van der Waals surface area contributed by atoms with Crippen LogP contribution >= 0.6 is 11.6 Å². The number of nitrogens with zero attached hydrogens (tertiary/aromatic N) is 1. The van der Waals surface area contributed by atoms with Gasteiger partial charge in [0.2, 0.25) is 0 Å². The number of hydrogen-bond acceptors (Lipinski definition) is 2. The topological polar surface area (TPSA) is 38.9 Å². The number of aromatic nitrogens is 1. The molecule has 1 heterocycles. The summed E-state index contributed by atoms with van der Waals surface area (Å²) >= 11 is 6.30. The lowest BCUT2D eigenvalue weighted by Gasteiger charge is -2.27. The van der Waals surface area contributed by atoms with Gasteiger partial charge in [0.25, 0.3) is 0 Å². The number of para-hydroxylation sites is 1. The fourth-order valence-electron chi connectivity index (χ4n) is 2.72. The van der Waals surface area contributed by atoms with Gasteiger partial charge >= 0.3 is 0 Å². The molecule has 21 heavy (non-hydrogen) atoms. The first-order valence-corrected chi connectivity index (χ1v) is 7.32. The zero-order chi connectivity index (χ0) is 14.9. The van der Waals surface area contributed by atoms with Crippen LogP contribution in [0.2, 0.25) is 5.02 Å². The Morgan fingerprint density at radius 2 is 1.76 bits per heavy atom. The Hall–Kier alpha value is -1.90. The van der Waals surface area contributed by atoms with Crippen LogP contribution in [0, 0.1) is 0 Å². The van der Waals surface area contributed by atoms with Crippen LogP contribution in [-0.4, -0.2) is 4.98 Å². The van der Waals surface area contributed by atoms with E-state index >= 15 is 0 Å². The van der Waals surface area contributed by atoms with Gasteiger partial charge in [-0.15, -0.1) is 0 Å². The maximum atomic E-state index is 6.56. The molecule has 0 aliphatic heterocycles. The van der Waals surface area contributed by atoms with Crippen LogP contribution in [0.3, 0.4) is 0 Å². The van der Waals surface area contributed by atoms with Gasteiger partial charge < -0.3 is 5.73 Å². The second-order valence-electron chi connectivity index (χ2n) is 5.56. The average Bonchev–Trinajstić information content (AvgIpc) is 2.47. The Morgan fingerprint density at radius 3 is 2.57 bits per heavy atom. The van der Waals surface area contributed by atoms with Crippen LogP contribution in [0.4, 0.5) is 0 Å². The average molecular weight is 297 g/mol. The molecule has 3 aromatic rings. The molecule has 0 bridgehead atoms. The first-order valence-electron chi connectivity index (χ1n) is 6.94. The van der Waals surface area contributed by atoms with E-state index in [4.69, 9.17) is 17.3 Å². The summed E-state index contributed by atoms with van der Waals surface area (Å²) in [5.74, 6) is 0. The highest BCUT2D eigenvalue weighted by Gasteiger charge is 2.24. The predicted octanol–water partition coefficient (Wildman–Crippen LogP) is 4.30. The van der Waals surface area contributed by atoms with Crippen molar-refractivity contribution in [3.8, 4) is 0 Å². The van der Waals surface area contributed by atoms with Crippen molar-refractivity contribution in [2.45, 2.75) is 18.9 Å². The first kappa shape index (κ1) is 14.1. The Bertz CT molecular complexity index is 776. The molecule has 3 rings (SSSR count). The van der Waals surface area contributed by atoms with Crippen molar-refractivity contribution in [1.29, 1.82) is 0 Å². The van der Waals surface area contributed by atoms with E-state index in [1.165, 1.54) is 5.56 Å². The van der Waals surface area contributed by atoms with Gasteiger partial charge in [-0.2, -0.15) is 0 Å². The van der Waals surface area contributed by atoms with E-state index in [0.29, 0.717) is 11.4 Å². The van der Waals surface area contributed by atoms with Crippen LogP contribution in [0.25, 0.3) is 10.9 Å². The number of pyridine rings is 1. The number of nitrogens with two attached hydrogens (primary N) is 1. The highest BCUT2D eigenvalue weighted by atomic mass is 35.5. The van der Waals surface area contributed by atoms with Crippen LogP contribution in [-0.2, 0) is 12.0 Å². The molecule has 0 aliphatic carbocycles. The summed E-state index contributed by atoms with van der Waals surface area (Å²) in [6.45, 7) is 2.02. The molecule has 2 nitrogen and oxygen atoms in total. The number of hydrogen-bond donors (Lipinski definition) is 1. The standard InChI is InChI=1S/C18H17ClN2/c1-18(20,15-7-3-4-8-16(15)19)12-13-10-11-21-17-9-5-2-6-14(13)17/h2-11H,12,20H2,1H3. The Kier molecular flexibility index (Phi) is 3.66. The lowest BCUT2D eigenvalue weighted by Crippen LogP contribution is -2.35. The monoisotopic (exact) mass is 296 g/mol. The number of rotatable bonds is 3. The molecule has 106 valence electrons. The van der Waals surface area contributed by atoms with Crippen molar-refractivity contribution in [2.24, 2.45) is 5.73 Å². The third kappa shape index (κ3) is 2.78. The lowest BCUT2D eigenvalue weighted by molar-refractivity contribution is 0.493. The molecule has 1 aromatic heterocycles. The van der Waals surface area contributed by atoms with E-state index < -0.39 is 5.54 Å². The van der Waals surface area contributed by atoms with E-state index in [1.54, 1.807) is 0 Å². The van der Waals surface area contributed by atoms with Gasteiger partial charge in [-0.1, -0.05) is 48.0 Å². The van der Waals surface area contributed by atoms with Crippen molar-refractivity contribution < 1.29 is 0 Å². The molecule has 3 heteroatoms. The van der Waals surface area contributed by atoms with Gasteiger partial charge in [0.15, 0.2) is 0 Å². The molecule has 2 aromatic carbocycles. The van der Waals surface area contributed by atoms with Crippen molar-refractivity contribution in [2.75, 3.05) is 0 Å². The van der Waals surface area contributed by atoms with E-state index in [1.807, 2.05) is 61.7 Å². The molecule has 0 spiro atoms. The van der Waals surface area contributed by atoms with Gasteiger partial charge in [0.1, 0.15) is 0 Å². The zero-order valence-electron chi connectivity index (χ0n) is 11.9. The molecule has 0 amide bonds. The molecular weight excluding hydrogens is 280 g/mol. The third-order valence-corrected chi connectivity index (χ3v) is 4.12. The van der Waals surface area contributed by atoms with Gasteiger partial charge in [0, 0.05) is 22.1 Å². The fourth-order valence-corrected chi connectivity index (χ4v) is 3.08. The summed E-state index contributed by atoms with van der Waals surface area (Å²) in [5.41, 5.74) is 9.17. The fraction of sp³-hybridized carbons (Fsp3) is 0.167. The van der Waals surface area contributed by atoms with Crippen LogP contribution in [0.15, 0.2) is 60.8 Å². The smallest absolute Gasteiger partial charge is 0.0704 e. The van der Waals surface area contributed by atoms with E-state index in [-0.39, 0.29) is 0 Å². The largest absolute Gasteiger partial charge is 0.321 e. The summed E-state index contributed by atoms with van der Waals surface area (Å²) in [5, 5.41) is 1.85. The number of halogens is 1. The molecule has 0 saturated heterocycles. The molecule has 1 unspecified atom stereocenters. The van der Waals surface area contributed by atoms with Gasteiger partial charge in [-0.05, 0) is 42.7 Å². The van der Waals surface area contributed by atoms with Crippen LogP contribution in [0.1, 0.15) is 18.1 Å². The Morgan fingerprint density at radius 1 is 1.05 bits per heavy atom. The van der Waals surface area contributed by atoms with Crippen molar-refractivity contribution >= 4 is 22.5 Å². The summed E-state index contributed by atoms with van der Waals surface area (Å²) < 4.78 is 0. The maximum absolute atomic E-state index is 6.56. The van der Waals surface area contributed by atoms with Gasteiger partial charge in [-0.3, -0.25) is 4.98 Å². The molecule has 1 atom stereocenters. The van der Waals surface area contributed by atoms with Crippen molar-refractivity contribution in [1.82, 2.24) is 4.98 Å². The summed E-state index contributed by atoms with van der Waals surface area (Å²) in [4.78, 5) is 4.40. The second kappa shape index (κ2) is 5.47. The van der Waals surface area contributed by atoms with E-state index in [0.717, 1.165) is 16.5 Å². The van der Waals surface area contributed by atoms with E-state index in [2.05, 4.69) is 11.1 Å². The summed E-state index contributed by atoms with van der Waals surface area (Å²) in [6, 6.07) is 17.9. The minimum absolute atomic E-state index is 0.525. The lowest BCUT2D eigenvalue weighted by atomic mass is 9.85. The number of benzene rings is 2. The minimum Gasteiger partial charge on any atom is -0.321 e. The van der Waals surface area contributed by atoms with Crippen molar-refractivity contribution in [3.63, 3.8) is 0 Å². The second-order valence-corrected chi connectivity index (χ2v) is 5.97. The summed E-state index contributed by atoms with van der Waals surface area (Å²) in [7, 11) is 0. The molecule has 0 fully saturated rings. The normalized spacial score (nSPS) is 14.0. The number of fused-ring (bicyclic) bond motifs is 1. The zero-order valence-corrected chi connectivity index (χ0v) is 12.6. The van der Waals surface area contributed by atoms with Gasteiger partial charge in [0.05, 0.1) is 5.52 Å². The first-order chi connectivity index (χ1) is 10.1.